The van der Waals surface area contributed by atoms with E-state index in [4.69, 9.17) is 10.00 Å². The van der Waals surface area contributed by atoms with Gasteiger partial charge in [0.1, 0.15) is 18.2 Å². The standard InChI is InChI=1S/C14H17FN2O/c1-17-5-3-2-4-13(17)10-18-14-7-11(9-16)6-12(15)8-14/h6-8,13H,2-5,10H2,1H3. The van der Waals surface area contributed by atoms with Crippen LogP contribution in [0.2, 0.25) is 0 Å². The number of benzene rings is 1. The number of hydrogen-bond acceptors (Lipinski definition) is 3. The molecule has 0 amide bonds. The number of ether oxygens (including phenoxy) is 1. The Morgan fingerprint density at radius 1 is 1.44 bits per heavy atom. The second-order valence-electron chi connectivity index (χ2n) is 4.73. The Kier molecular flexibility index (Phi) is 4.16. The molecule has 1 heterocycles. The van der Waals surface area contributed by atoms with Crippen LogP contribution >= 0.6 is 0 Å². The van der Waals surface area contributed by atoms with Crippen molar-refractivity contribution in [1.82, 2.24) is 4.90 Å². The molecule has 96 valence electrons. The summed E-state index contributed by atoms with van der Waals surface area (Å²) < 4.78 is 18.8. The number of piperidine rings is 1. The summed E-state index contributed by atoms with van der Waals surface area (Å²) in [4.78, 5) is 2.27. The Hall–Kier alpha value is -1.60. The normalized spacial score (nSPS) is 20.4. The van der Waals surface area contributed by atoms with Crippen LogP contribution in [0, 0.1) is 17.1 Å². The van der Waals surface area contributed by atoms with Gasteiger partial charge in [0.05, 0.1) is 11.6 Å². The minimum Gasteiger partial charge on any atom is -0.492 e. The molecule has 0 aliphatic carbocycles. The van der Waals surface area contributed by atoms with Crippen molar-refractivity contribution in [2.75, 3.05) is 20.2 Å². The van der Waals surface area contributed by atoms with Gasteiger partial charge in [0.2, 0.25) is 0 Å². The molecule has 0 N–H and O–H groups in total. The molecule has 3 nitrogen and oxygen atoms in total. The molecule has 2 rings (SSSR count). The Labute approximate surface area is 107 Å². The summed E-state index contributed by atoms with van der Waals surface area (Å²) in [5, 5.41) is 8.77. The molecule has 1 aliphatic rings. The van der Waals surface area contributed by atoms with Crippen LogP contribution in [0.4, 0.5) is 4.39 Å². The minimum absolute atomic E-state index is 0.294. The van der Waals surface area contributed by atoms with Gasteiger partial charge in [0, 0.05) is 12.1 Å². The number of hydrogen-bond donors (Lipinski definition) is 0. The lowest BCUT2D eigenvalue weighted by molar-refractivity contribution is 0.125. The Balaban J connectivity index is 1.97. The Bertz CT molecular complexity index is 456. The summed E-state index contributed by atoms with van der Waals surface area (Å²) in [5.74, 6) is 0.00609. The van der Waals surface area contributed by atoms with E-state index in [1.165, 1.54) is 25.0 Å². The SMILES string of the molecule is CN1CCCCC1COc1cc(F)cc(C#N)c1. The van der Waals surface area contributed by atoms with Gasteiger partial charge in [-0.05, 0) is 38.6 Å². The molecule has 1 unspecified atom stereocenters. The highest BCUT2D eigenvalue weighted by Crippen LogP contribution is 2.19. The zero-order valence-corrected chi connectivity index (χ0v) is 10.5. The highest BCUT2D eigenvalue weighted by Gasteiger charge is 2.19. The molecular formula is C14H17FN2O. The predicted molar refractivity (Wildman–Crippen MR) is 66.9 cm³/mol. The molecule has 0 spiro atoms. The summed E-state index contributed by atoms with van der Waals surface area (Å²) in [6, 6.07) is 6.41. The van der Waals surface area contributed by atoms with Gasteiger partial charge in [-0.3, -0.25) is 0 Å². The first-order valence-electron chi connectivity index (χ1n) is 6.23. The van der Waals surface area contributed by atoms with E-state index in [2.05, 4.69) is 11.9 Å². The van der Waals surface area contributed by atoms with E-state index >= 15 is 0 Å². The predicted octanol–water partition coefficient (Wildman–Crippen LogP) is 2.56. The fourth-order valence-electron chi connectivity index (χ4n) is 2.26. The summed E-state index contributed by atoms with van der Waals surface area (Å²) in [6.07, 6.45) is 3.55. The second kappa shape index (κ2) is 5.83. The first-order chi connectivity index (χ1) is 8.69. The van der Waals surface area contributed by atoms with Crippen molar-refractivity contribution in [2.45, 2.75) is 25.3 Å². The fourth-order valence-corrected chi connectivity index (χ4v) is 2.26. The number of halogens is 1. The van der Waals surface area contributed by atoms with Crippen molar-refractivity contribution in [3.63, 3.8) is 0 Å². The smallest absolute Gasteiger partial charge is 0.128 e. The van der Waals surface area contributed by atoms with Crippen molar-refractivity contribution < 1.29 is 9.13 Å². The topological polar surface area (TPSA) is 36.3 Å². The van der Waals surface area contributed by atoms with E-state index in [1.807, 2.05) is 6.07 Å². The zero-order chi connectivity index (χ0) is 13.0. The number of nitrogens with zero attached hydrogens (tertiary/aromatic N) is 2. The molecule has 0 radical (unpaired) electrons. The molecule has 0 saturated carbocycles. The molecular weight excluding hydrogens is 231 g/mol. The average Bonchev–Trinajstić information content (AvgIpc) is 2.37. The van der Waals surface area contributed by atoms with Gasteiger partial charge >= 0.3 is 0 Å². The monoisotopic (exact) mass is 248 g/mol. The van der Waals surface area contributed by atoms with Crippen molar-refractivity contribution in [3.05, 3.63) is 29.6 Å². The van der Waals surface area contributed by atoms with Gasteiger partial charge in [0.25, 0.3) is 0 Å². The van der Waals surface area contributed by atoms with E-state index in [-0.39, 0.29) is 0 Å². The molecule has 18 heavy (non-hydrogen) atoms. The number of likely N-dealkylation sites (tertiary alicyclic amines) is 1. The molecule has 1 aliphatic heterocycles. The first kappa shape index (κ1) is 12.8. The summed E-state index contributed by atoms with van der Waals surface area (Å²) in [7, 11) is 2.08. The van der Waals surface area contributed by atoms with E-state index in [0.717, 1.165) is 13.0 Å². The van der Waals surface area contributed by atoms with Gasteiger partial charge in [-0.25, -0.2) is 4.39 Å². The van der Waals surface area contributed by atoms with Crippen LogP contribution in [0.5, 0.6) is 5.75 Å². The Morgan fingerprint density at radius 3 is 3.00 bits per heavy atom. The molecule has 4 heteroatoms. The highest BCUT2D eigenvalue weighted by molar-refractivity contribution is 5.37. The lowest BCUT2D eigenvalue weighted by Crippen LogP contribution is -2.40. The van der Waals surface area contributed by atoms with Crippen molar-refractivity contribution in [3.8, 4) is 11.8 Å². The summed E-state index contributed by atoms with van der Waals surface area (Å²) >= 11 is 0. The maximum atomic E-state index is 13.2. The largest absolute Gasteiger partial charge is 0.492 e. The van der Waals surface area contributed by atoms with E-state index < -0.39 is 5.82 Å². The third kappa shape index (κ3) is 3.21. The van der Waals surface area contributed by atoms with Gasteiger partial charge in [-0.1, -0.05) is 6.42 Å². The molecule has 1 saturated heterocycles. The van der Waals surface area contributed by atoms with Crippen molar-refractivity contribution in [1.29, 1.82) is 5.26 Å². The minimum atomic E-state index is -0.430. The van der Waals surface area contributed by atoms with E-state index in [1.54, 1.807) is 6.07 Å². The van der Waals surface area contributed by atoms with Crippen LogP contribution in [0.25, 0.3) is 0 Å². The molecule has 1 fully saturated rings. The Morgan fingerprint density at radius 2 is 2.28 bits per heavy atom. The van der Waals surface area contributed by atoms with E-state index in [0.29, 0.717) is 24.0 Å². The average molecular weight is 248 g/mol. The number of rotatable bonds is 3. The second-order valence-corrected chi connectivity index (χ2v) is 4.73. The molecule has 1 aromatic carbocycles. The van der Waals surface area contributed by atoms with Crippen molar-refractivity contribution in [2.24, 2.45) is 0 Å². The number of likely N-dealkylation sites (N-methyl/N-ethyl adjacent to an activating group) is 1. The zero-order valence-electron chi connectivity index (χ0n) is 10.5. The quantitative estimate of drug-likeness (QED) is 0.824. The van der Waals surface area contributed by atoms with Crippen molar-refractivity contribution >= 4 is 0 Å². The third-order valence-corrected chi connectivity index (χ3v) is 3.36. The van der Waals surface area contributed by atoms with Crippen LogP contribution in [0.3, 0.4) is 0 Å². The molecule has 1 aromatic rings. The van der Waals surface area contributed by atoms with Crippen LogP contribution in [0.1, 0.15) is 24.8 Å². The van der Waals surface area contributed by atoms with Gasteiger partial charge < -0.3 is 9.64 Å². The van der Waals surface area contributed by atoms with Gasteiger partial charge in [0.15, 0.2) is 0 Å². The summed E-state index contributed by atoms with van der Waals surface area (Å²) in [5.41, 5.74) is 0.294. The van der Waals surface area contributed by atoms with Crippen LogP contribution < -0.4 is 4.74 Å². The molecule has 0 bridgehead atoms. The van der Waals surface area contributed by atoms with Crippen LogP contribution in [0.15, 0.2) is 18.2 Å². The van der Waals surface area contributed by atoms with Crippen LogP contribution in [-0.4, -0.2) is 31.1 Å². The van der Waals surface area contributed by atoms with E-state index in [9.17, 15) is 4.39 Å². The summed E-state index contributed by atoms with van der Waals surface area (Å²) in [6.45, 7) is 1.63. The maximum absolute atomic E-state index is 13.2. The molecule has 0 aromatic heterocycles. The van der Waals surface area contributed by atoms with Gasteiger partial charge in [-0.2, -0.15) is 5.26 Å². The van der Waals surface area contributed by atoms with Gasteiger partial charge in [-0.15, -0.1) is 0 Å². The first-order valence-corrected chi connectivity index (χ1v) is 6.23. The lowest BCUT2D eigenvalue weighted by atomic mass is 10.0. The highest BCUT2D eigenvalue weighted by atomic mass is 19.1. The lowest BCUT2D eigenvalue weighted by Gasteiger charge is -2.32. The fraction of sp³-hybridized carbons (Fsp3) is 0.500. The van der Waals surface area contributed by atoms with Crippen LogP contribution in [-0.2, 0) is 0 Å². The molecule has 1 atom stereocenters. The third-order valence-electron chi connectivity index (χ3n) is 3.36. The number of nitriles is 1. The maximum Gasteiger partial charge on any atom is 0.128 e.